The van der Waals surface area contributed by atoms with Gasteiger partial charge < -0.3 is 14.8 Å². The third-order valence-electron chi connectivity index (χ3n) is 4.81. The van der Waals surface area contributed by atoms with Crippen LogP contribution in [0, 0.1) is 0 Å². The fourth-order valence-electron chi connectivity index (χ4n) is 3.59. The lowest BCUT2D eigenvalue weighted by Gasteiger charge is -2.32. The zero-order valence-corrected chi connectivity index (χ0v) is 14.2. The average molecular weight is 339 g/mol. The van der Waals surface area contributed by atoms with Crippen molar-refractivity contribution >= 4 is 23.2 Å². The van der Waals surface area contributed by atoms with E-state index >= 15 is 0 Å². The number of para-hydroxylation sites is 2. The summed E-state index contributed by atoms with van der Waals surface area (Å²) in [7, 11) is 0. The molecule has 2 amide bonds. The normalized spacial score (nSPS) is 20.4. The maximum Gasteiger partial charge on any atom is 0.241 e. The fourth-order valence-corrected chi connectivity index (χ4v) is 3.59. The lowest BCUT2D eigenvalue weighted by molar-refractivity contribution is -0.120. The second kappa shape index (κ2) is 6.33. The van der Waals surface area contributed by atoms with E-state index < -0.39 is 0 Å². The predicted octanol–water partition coefficient (Wildman–Crippen LogP) is 1.46. The predicted molar refractivity (Wildman–Crippen MR) is 94.1 cm³/mol. The Morgan fingerprint density at radius 3 is 3.04 bits per heavy atom. The molecule has 0 fully saturated rings. The van der Waals surface area contributed by atoms with Crippen LogP contribution in [-0.2, 0) is 22.7 Å². The minimum absolute atomic E-state index is 0.0106. The van der Waals surface area contributed by atoms with Crippen LogP contribution in [0.3, 0.4) is 0 Å². The molecule has 0 unspecified atom stereocenters. The molecule has 0 saturated heterocycles. The SMILES string of the molecule is C[C@H]1CC(=O)Nc2ccccc2N1C(=O)CN1CCn2ccnc2C1. The third kappa shape index (κ3) is 3.02. The first-order valence-electron chi connectivity index (χ1n) is 8.55. The average Bonchev–Trinajstić information content (AvgIpc) is 2.99. The van der Waals surface area contributed by atoms with Gasteiger partial charge in [0.2, 0.25) is 11.8 Å². The van der Waals surface area contributed by atoms with Gasteiger partial charge >= 0.3 is 0 Å². The van der Waals surface area contributed by atoms with Crippen LogP contribution >= 0.6 is 0 Å². The van der Waals surface area contributed by atoms with Crippen molar-refractivity contribution in [2.45, 2.75) is 32.5 Å². The summed E-state index contributed by atoms with van der Waals surface area (Å²) in [6.45, 7) is 4.56. The van der Waals surface area contributed by atoms with Crippen LogP contribution in [0.5, 0.6) is 0 Å². The van der Waals surface area contributed by atoms with Crippen molar-refractivity contribution in [2.75, 3.05) is 23.3 Å². The van der Waals surface area contributed by atoms with Crippen molar-refractivity contribution in [1.29, 1.82) is 0 Å². The molecule has 3 heterocycles. The van der Waals surface area contributed by atoms with Gasteiger partial charge in [0, 0.05) is 37.9 Å². The first kappa shape index (κ1) is 15.8. The van der Waals surface area contributed by atoms with Gasteiger partial charge in [0.25, 0.3) is 0 Å². The van der Waals surface area contributed by atoms with Crippen LogP contribution in [0.25, 0.3) is 0 Å². The molecule has 0 spiro atoms. The van der Waals surface area contributed by atoms with Gasteiger partial charge in [-0.3, -0.25) is 14.5 Å². The number of nitrogens with one attached hydrogen (secondary N) is 1. The van der Waals surface area contributed by atoms with Gasteiger partial charge in [-0.05, 0) is 19.1 Å². The Balaban J connectivity index is 1.56. The summed E-state index contributed by atoms with van der Waals surface area (Å²) in [5.74, 6) is 0.937. The van der Waals surface area contributed by atoms with Crippen LogP contribution in [-0.4, -0.2) is 45.4 Å². The summed E-state index contributed by atoms with van der Waals surface area (Å²) in [6, 6.07) is 7.30. The van der Waals surface area contributed by atoms with E-state index in [1.54, 1.807) is 11.1 Å². The van der Waals surface area contributed by atoms with Crippen LogP contribution in [0.4, 0.5) is 11.4 Å². The van der Waals surface area contributed by atoms with Gasteiger partial charge in [-0.15, -0.1) is 0 Å². The first-order valence-corrected chi connectivity index (χ1v) is 8.55. The molecule has 2 aliphatic rings. The number of aromatic nitrogens is 2. The number of hydrogen-bond donors (Lipinski definition) is 1. The zero-order chi connectivity index (χ0) is 17.4. The molecule has 25 heavy (non-hydrogen) atoms. The molecule has 2 aromatic rings. The summed E-state index contributed by atoms with van der Waals surface area (Å²) < 4.78 is 2.12. The molecular formula is C18H21N5O2. The number of carbonyl (C=O) groups is 2. The number of amides is 2. The maximum atomic E-state index is 13.1. The largest absolute Gasteiger partial charge is 0.333 e. The van der Waals surface area contributed by atoms with Crippen molar-refractivity contribution in [3.63, 3.8) is 0 Å². The lowest BCUT2D eigenvalue weighted by Crippen LogP contribution is -2.46. The maximum absolute atomic E-state index is 13.1. The Morgan fingerprint density at radius 2 is 2.16 bits per heavy atom. The minimum Gasteiger partial charge on any atom is -0.333 e. The highest BCUT2D eigenvalue weighted by Crippen LogP contribution is 2.31. The molecule has 1 aromatic carbocycles. The summed E-state index contributed by atoms with van der Waals surface area (Å²) in [6.07, 6.45) is 4.06. The van der Waals surface area contributed by atoms with Crippen LogP contribution < -0.4 is 10.2 Å². The fraction of sp³-hybridized carbons (Fsp3) is 0.389. The molecule has 2 aliphatic heterocycles. The molecule has 1 aromatic heterocycles. The topological polar surface area (TPSA) is 70.5 Å². The number of anilines is 2. The van der Waals surface area contributed by atoms with E-state index in [2.05, 4.69) is 19.8 Å². The molecule has 0 aliphatic carbocycles. The van der Waals surface area contributed by atoms with E-state index in [0.29, 0.717) is 25.2 Å². The smallest absolute Gasteiger partial charge is 0.241 e. The van der Waals surface area contributed by atoms with E-state index in [0.717, 1.165) is 24.6 Å². The Bertz CT molecular complexity index is 815. The van der Waals surface area contributed by atoms with E-state index in [4.69, 9.17) is 0 Å². The highest BCUT2D eigenvalue weighted by atomic mass is 16.2. The highest BCUT2D eigenvalue weighted by Gasteiger charge is 2.31. The number of rotatable bonds is 2. The second-order valence-electron chi connectivity index (χ2n) is 6.63. The van der Waals surface area contributed by atoms with Crippen molar-refractivity contribution < 1.29 is 9.59 Å². The molecule has 0 radical (unpaired) electrons. The third-order valence-corrected chi connectivity index (χ3v) is 4.81. The van der Waals surface area contributed by atoms with Crippen molar-refractivity contribution in [1.82, 2.24) is 14.5 Å². The summed E-state index contributed by atoms with van der Waals surface area (Å²) in [5, 5.41) is 2.89. The van der Waals surface area contributed by atoms with E-state index in [9.17, 15) is 9.59 Å². The number of imidazole rings is 1. The monoisotopic (exact) mass is 339 g/mol. The molecule has 4 rings (SSSR count). The Labute approximate surface area is 146 Å². The molecule has 7 nitrogen and oxygen atoms in total. The standard InChI is InChI=1S/C18H21N5O2/c1-13-10-17(24)20-14-4-2-3-5-15(14)23(13)18(25)12-21-8-9-22-7-6-19-16(22)11-21/h2-7,13H,8-12H2,1H3,(H,20,24)/t13-/m0/s1. The van der Waals surface area contributed by atoms with Crippen molar-refractivity contribution in [3.05, 3.63) is 42.5 Å². The highest BCUT2D eigenvalue weighted by molar-refractivity contribution is 6.04. The van der Waals surface area contributed by atoms with Crippen molar-refractivity contribution in [2.24, 2.45) is 0 Å². The summed E-state index contributed by atoms with van der Waals surface area (Å²) in [4.78, 5) is 33.3. The quantitative estimate of drug-likeness (QED) is 0.899. The number of hydrogen-bond acceptors (Lipinski definition) is 4. The second-order valence-corrected chi connectivity index (χ2v) is 6.63. The molecule has 1 atom stereocenters. The van der Waals surface area contributed by atoms with Gasteiger partial charge in [-0.1, -0.05) is 12.1 Å². The zero-order valence-electron chi connectivity index (χ0n) is 14.2. The lowest BCUT2D eigenvalue weighted by atomic mass is 10.1. The Hall–Kier alpha value is -2.67. The van der Waals surface area contributed by atoms with Gasteiger partial charge in [-0.2, -0.15) is 0 Å². The molecular weight excluding hydrogens is 318 g/mol. The van der Waals surface area contributed by atoms with Crippen LogP contribution in [0.15, 0.2) is 36.7 Å². The Morgan fingerprint density at radius 1 is 1.32 bits per heavy atom. The number of benzene rings is 1. The van der Waals surface area contributed by atoms with Crippen LogP contribution in [0.1, 0.15) is 19.2 Å². The summed E-state index contributed by atoms with van der Waals surface area (Å²) in [5.41, 5.74) is 1.46. The van der Waals surface area contributed by atoms with E-state index in [1.807, 2.05) is 37.4 Å². The number of carbonyl (C=O) groups excluding carboxylic acids is 2. The van der Waals surface area contributed by atoms with E-state index in [-0.39, 0.29) is 17.9 Å². The minimum atomic E-state index is -0.178. The van der Waals surface area contributed by atoms with Gasteiger partial charge in [-0.25, -0.2) is 4.98 Å². The van der Waals surface area contributed by atoms with Gasteiger partial charge in [0.1, 0.15) is 5.82 Å². The number of nitrogens with zero attached hydrogens (tertiary/aromatic N) is 4. The molecule has 0 bridgehead atoms. The molecule has 7 heteroatoms. The van der Waals surface area contributed by atoms with Gasteiger partial charge in [0.15, 0.2) is 0 Å². The van der Waals surface area contributed by atoms with Crippen LogP contribution in [0.2, 0.25) is 0 Å². The molecule has 0 saturated carbocycles. The number of fused-ring (bicyclic) bond motifs is 2. The Kier molecular flexibility index (Phi) is 4.01. The molecule has 1 N–H and O–H groups in total. The van der Waals surface area contributed by atoms with E-state index in [1.165, 1.54) is 0 Å². The van der Waals surface area contributed by atoms with Crippen molar-refractivity contribution in [3.8, 4) is 0 Å². The van der Waals surface area contributed by atoms with Gasteiger partial charge in [0.05, 0.1) is 24.5 Å². The first-order chi connectivity index (χ1) is 12.1. The molecule has 130 valence electrons. The summed E-state index contributed by atoms with van der Waals surface area (Å²) >= 11 is 0.